The Bertz CT molecular complexity index is 1130. The minimum absolute atomic E-state index is 0.0217. The molecule has 1 heterocycles. The van der Waals surface area contributed by atoms with E-state index < -0.39 is 17.8 Å². The van der Waals surface area contributed by atoms with Crippen molar-refractivity contribution in [3.8, 4) is 11.4 Å². The van der Waals surface area contributed by atoms with Crippen LogP contribution in [0.1, 0.15) is 28.5 Å². The van der Waals surface area contributed by atoms with Crippen LogP contribution in [-0.4, -0.2) is 28.1 Å². The molecule has 3 rings (SSSR count). The van der Waals surface area contributed by atoms with E-state index in [0.717, 1.165) is 0 Å². The van der Waals surface area contributed by atoms with E-state index in [4.69, 9.17) is 16.7 Å². The Balaban J connectivity index is 2.23. The molecule has 9 heteroatoms. The van der Waals surface area contributed by atoms with Crippen LogP contribution in [0.15, 0.2) is 54.6 Å². The van der Waals surface area contributed by atoms with Crippen molar-refractivity contribution in [1.82, 2.24) is 9.97 Å². The summed E-state index contributed by atoms with van der Waals surface area (Å²) in [6.45, 7) is 1.60. The van der Waals surface area contributed by atoms with Crippen molar-refractivity contribution in [1.29, 1.82) is 0 Å². The molecule has 0 aliphatic heterocycles. The van der Waals surface area contributed by atoms with E-state index in [2.05, 4.69) is 9.97 Å². The zero-order valence-electron chi connectivity index (χ0n) is 16.5. The third kappa shape index (κ3) is 4.86. The highest BCUT2D eigenvalue weighted by molar-refractivity contribution is 6.30. The molecule has 0 bridgehead atoms. The molecule has 0 aliphatic rings. The van der Waals surface area contributed by atoms with Gasteiger partial charge in [-0.3, -0.25) is 0 Å². The zero-order valence-corrected chi connectivity index (χ0v) is 17.2. The van der Waals surface area contributed by atoms with Crippen LogP contribution < -0.4 is 4.90 Å². The summed E-state index contributed by atoms with van der Waals surface area (Å²) in [4.78, 5) is 20.8. The van der Waals surface area contributed by atoms with Crippen LogP contribution in [0.2, 0.25) is 5.02 Å². The van der Waals surface area contributed by atoms with Gasteiger partial charge in [0.1, 0.15) is 5.82 Å². The fraction of sp³-hybridized carbons (Fsp3) is 0.136. The predicted molar refractivity (Wildman–Crippen MR) is 114 cm³/mol. The normalized spacial score (nSPS) is 11.7. The minimum Gasteiger partial charge on any atom is -0.478 e. The maximum Gasteiger partial charge on any atom is 0.434 e. The number of aromatic carboxylic acids is 1. The van der Waals surface area contributed by atoms with Crippen molar-refractivity contribution in [2.75, 3.05) is 11.9 Å². The predicted octanol–water partition coefficient (Wildman–Crippen LogP) is 6.32. The molecular weight excluding hydrogens is 431 g/mol. The lowest BCUT2D eigenvalue weighted by molar-refractivity contribution is -0.141. The van der Waals surface area contributed by atoms with Gasteiger partial charge in [-0.15, -0.1) is 0 Å². The van der Waals surface area contributed by atoms with Gasteiger partial charge in [0, 0.05) is 28.9 Å². The van der Waals surface area contributed by atoms with Gasteiger partial charge in [-0.1, -0.05) is 23.8 Å². The first-order chi connectivity index (χ1) is 14.6. The Morgan fingerprint density at radius 2 is 1.68 bits per heavy atom. The van der Waals surface area contributed by atoms with Crippen LogP contribution in [0.5, 0.6) is 0 Å². The standard InChI is InChI=1S/C22H17ClF3N3O2/c1-3-4-17-18(22(24,25)26)27-19(13-5-9-15(23)10-6-13)28-20(17)29(2)16-11-7-14(8-12-16)21(30)31/h3-12H,1-2H3,(H,30,31)/b4-3+. The molecule has 0 saturated heterocycles. The molecule has 160 valence electrons. The monoisotopic (exact) mass is 447 g/mol. The van der Waals surface area contributed by atoms with Gasteiger partial charge < -0.3 is 10.0 Å². The maximum atomic E-state index is 13.9. The average Bonchev–Trinajstić information content (AvgIpc) is 2.73. The van der Waals surface area contributed by atoms with Gasteiger partial charge in [0.05, 0.1) is 5.56 Å². The molecule has 5 nitrogen and oxygen atoms in total. The second kappa shape index (κ2) is 8.77. The quantitative estimate of drug-likeness (QED) is 0.496. The highest BCUT2D eigenvalue weighted by Crippen LogP contribution is 2.38. The molecular formula is C22H17ClF3N3O2. The molecule has 0 unspecified atom stereocenters. The largest absolute Gasteiger partial charge is 0.478 e. The van der Waals surface area contributed by atoms with Crippen molar-refractivity contribution in [3.63, 3.8) is 0 Å². The number of anilines is 2. The van der Waals surface area contributed by atoms with Gasteiger partial charge in [-0.2, -0.15) is 13.2 Å². The topological polar surface area (TPSA) is 66.3 Å². The summed E-state index contributed by atoms with van der Waals surface area (Å²) in [5, 5.41) is 9.51. The minimum atomic E-state index is -4.72. The number of alkyl halides is 3. The number of carboxylic acids is 1. The summed E-state index contributed by atoms with van der Waals surface area (Å²) in [7, 11) is 1.55. The van der Waals surface area contributed by atoms with Gasteiger partial charge >= 0.3 is 12.1 Å². The number of halogens is 4. The highest BCUT2D eigenvalue weighted by Gasteiger charge is 2.37. The van der Waals surface area contributed by atoms with Gasteiger partial charge in [0.25, 0.3) is 0 Å². The first-order valence-electron chi connectivity index (χ1n) is 9.06. The van der Waals surface area contributed by atoms with Gasteiger partial charge in [0.15, 0.2) is 11.5 Å². The van der Waals surface area contributed by atoms with E-state index in [0.29, 0.717) is 16.3 Å². The number of hydrogen-bond acceptors (Lipinski definition) is 4. The Morgan fingerprint density at radius 1 is 1.06 bits per heavy atom. The number of rotatable bonds is 5. The van der Waals surface area contributed by atoms with E-state index in [1.54, 1.807) is 38.2 Å². The van der Waals surface area contributed by atoms with E-state index in [1.807, 2.05) is 0 Å². The number of aromatic nitrogens is 2. The van der Waals surface area contributed by atoms with Crippen LogP contribution in [0.3, 0.4) is 0 Å². The van der Waals surface area contributed by atoms with Crippen molar-refractivity contribution < 1.29 is 23.1 Å². The van der Waals surface area contributed by atoms with Crippen LogP contribution in [-0.2, 0) is 6.18 Å². The first kappa shape index (κ1) is 22.3. The molecule has 1 N–H and O–H groups in total. The molecule has 1 aromatic heterocycles. The summed E-state index contributed by atoms with van der Waals surface area (Å²) in [5.41, 5.74) is -0.374. The molecule has 0 aliphatic carbocycles. The molecule has 3 aromatic rings. The number of benzene rings is 2. The Morgan fingerprint density at radius 3 is 2.19 bits per heavy atom. The summed E-state index contributed by atoms with van der Waals surface area (Å²) >= 11 is 5.89. The molecule has 0 amide bonds. The summed E-state index contributed by atoms with van der Waals surface area (Å²) in [6, 6.07) is 11.9. The fourth-order valence-electron chi connectivity index (χ4n) is 2.93. The summed E-state index contributed by atoms with van der Waals surface area (Å²) < 4.78 is 41.7. The molecule has 2 aromatic carbocycles. The number of carboxylic acid groups (broad SMARTS) is 1. The average molecular weight is 448 g/mol. The smallest absolute Gasteiger partial charge is 0.434 e. The Labute approximate surface area is 181 Å². The Kier molecular flexibility index (Phi) is 6.31. The van der Waals surface area contributed by atoms with E-state index in [1.165, 1.54) is 41.3 Å². The van der Waals surface area contributed by atoms with Crippen molar-refractivity contribution >= 4 is 35.2 Å². The van der Waals surface area contributed by atoms with E-state index >= 15 is 0 Å². The molecule has 0 saturated carbocycles. The third-order valence-corrected chi connectivity index (χ3v) is 4.70. The lowest BCUT2D eigenvalue weighted by Crippen LogP contribution is -2.19. The lowest BCUT2D eigenvalue weighted by Gasteiger charge is -2.23. The summed E-state index contributed by atoms with van der Waals surface area (Å²) in [5.74, 6) is -1.19. The van der Waals surface area contributed by atoms with Gasteiger partial charge in [-0.25, -0.2) is 14.8 Å². The van der Waals surface area contributed by atoms with Gasteiger partial charge in [-0.05, 0) is 55.5 Å². The van der Waals surface area contributed by atoms with Crippen molar-refractivity contribution in [3.05, 3.63) is 76.5 Å². The first-order valence-corrected chi connectivity index (χ1v) is 9.44. The number of nitrogens with zero attached hydrogens (tertiary/aromatic N) is 3. The van der Waals surface area contributed by atoms with Crippen LogP contribution in [0, 0.1) is 0 Å². The van der Waals surface area contributed by atoms with Crippen LogP contribution in [0.4, 0.5) is 24.7 Å². The fourth-order valence-corrected chi connectivity index (χ4v) is 3.05. The number of hydrogen-bond donors (Lipinski definition) is 1. The molecule has 31 heavy (non-hydrogen) atoms. The SMILES string of the molecule is C/C=C/c1c(N(C)c2ccc(C(=O)O)cc2)nc(-c2ccc(Cl)cc2)nc1C(F)(F)F. The Hall–Kier alpha value is -3.39. The molecule has 0 spiro atoms. The van der Waals surface area contributed by atoms with Gasteiger partial charge in [0.2, 0.25) is 0 Å². The van der Waals surface area contributed by atoms with E-state index in [9.17, 15) is 18.0 Å². The number of carbonyl (C=O) groups is 1. The maximum absolute atomic E-state index is 13.9. The van der Waals surface area contributed by atoms with Crippen molar-refractivity contribution in [2.24, 2.45) is 0 Å². The molecule has 0 atom stereocenters. The van der Waals surface area contributed by atoms with Crippen molar-refractivity contribution in [2.45, 2.75) is 13.1 Å². The van der Waals surface area contributed by atoms with Crippen LogP contribution in [0.25, 0.3) is 17.5 Å². The van der Waals surface area contributed by atoms with E-state index in [-0.39, 0.29) is 22.8 Å². The highest BCUT2D eigenvalue weighted by atomic mass is 35.5. The number of allylic oxidation sites excluding steroid dienone is 1. The molecule has 0 fully saturated rings. The molecule has 0 radical (unpaired) electrons. The second-order valence-corrected chi connectivity index (χ2v) is 6.99. The lowest BCUT2D eigenvalue weighted by atomic mass is 10.1. The summed E-state index contributed by atoms with van der Waals surface area (Å²) in [6.07, 6.45) is -1.95. The van der Waals surface area contributed by atoms with Crippen LogP contribution >= 0.6 is 11.6 Å². The second-order valence-electron chi connectivity index (χ2n) is 6.55. The third-order valence-electron chi connectivity index (χ3n) is 4.45. The zero-order chi connectivity index (χ0) is 22.8.